The van der Waals surface area contributed by atoms with Crippen LogP contribution in [0, 0.1) is 0 Å². The standard InChI is InChI=1S/C14H21NO3S/c1-11(2)13-4-6-14(7-5-13)19(16,17)15-8-9-18-12(3)10-15/h4-7,11-12H,8-10H2,1-3H3/t12-/m1/s1. The number of nitrogens with zero attached hydrogens (tertiary/aromatic N) is 1. The van der Waals surface area contributed by atoms with Gasteiger partial charge < -0.3 is 4.74 Å². The highest BCUT2D eigenvalue weighted by Crippen LogP contribution is 2.21. The Hall–Kier alpha value is -0.910. The Morgan fingerprint density at radius 1 is 1.26 bits per heavy atom. The van der Waals surface area contributed by atoms with Crippen molar-refractivity contribution in [3.63, 3.8) is 0 Å². The van der Waals surface area contributed by atoms with Crippen molar-refractivity contribution in [3.8, 4) is 0 Å². The first-order valence-electron chi connectivity index (χ1n) is 6.63. The minimum Gasteiger partial charge on any atom is -0.376 e. The predicted octanol–water partition coefficient (Wildman–Crippen LogP) is 2.22. The van der Waals surface area contributed by atoms with E-state index in [1.165, 1.54) is 4.31 Å². The summed E-state index contributed by atoms with van der Waals surface area (Å²) in [4.78, 5) is 0.367. The predicted molar refractivity (Wildman–Crippen MR) is 74.7 cm³/mol. The quantitative estimate of drug-likeness (QED) is 0.854. The lowest BCUT2D eigenvalue weighted by Crippen LogP contribution is -2.44. The van der Waals surface area contributed by atoms with Gasteiger partial charge in [-0.2, -0.15) is 4.31 Å². The molecule has 0 radical (unpaired) electrons. The molecule has 0 saturated carbocycles. The Morgan fingerprint density at radius 3 is 2.42 bits per heavy atom. The first kappa shape index (κ1) is 14.5. The van der Waals surface area contributed by atoms with Crippen LogP contribution in [0.25, 0.3) is 0 Å². The van der Waals surface area contributed by atoms with Crippen molar-refractivity contribution < 1.29 is 13.2 Å². The molecule has 0 N–H and O–H groups in total. The number of hydrogen-bond acceptors (Lipinski definition) is 3. The molecule has 0 spiro atoms. The van der Waals surface area contributed by atoms with Crippen LogP contribution in [-0.2, 0) is 14.8 Å². The summed E-state index contributed by atoms with van der Waals surface area (Å²) >= 11 is 0. The molecule has 106 valence electrons. The summed E-state index contributed by atoms with van der Waals surface area (Å²) in [5, 5.41) is 0. The maximum absolute atomic E-state index is 12.5. The van der Waals surface area contributed by atoms with Crippen molar-refractivity contribution >= 4 is 10.0 Å². The van der Waals surface area contributed by atoms with E-state index in [2.05, 4.69) is 13.8 Å². The van der Waals surface area contributed by atoms with Gasteiger partial charge in [-0.15, -0.1) is 0 Å². The molecule has 1 atom stereocenters. The molecule has 2 rings (SSSR count). The Kier molecular flexibility index (Phi) is 4.28. The van der Waals surface area contributed by atoms with E-state index in [1.54, 1.807) is 12.1 Å². The summed E-state index contributed by atoms with van der Waals surface area (Å²) in [6, 6.07) is 7.18. The molecule has 0 aromatic heterocycles. The van der Waals surface area contributed by atoms with E-state index in [9.17, 15) is 8.42 Å². The molecule has 0 amide bonds. The van der Waals surface area contributed by atoms with Gasteiger partial charge in [0.05, 0.1) is 17.6 Å². The third kappa shape index (κ3) is 3.16. The fourth-order valence-corrected chi connectivity index (χ4v) is 3.68. The molecule has 0 unspecified atom stereocenters. The van der Waals surface area contributed by atoms with Crippen LogP contribution in [0.2, 0.25) is 0 Å². The number of sulfonamides is 1. The van der Waals surface area contributed by atoms with Gasteiger partial charge in [-0.1, -0.05) is 26.0 Å². The van der Waals surface area contributed by atoms with Crippen LogP contribution in [0.5, 0.6) is 0 Å². The number of rotatable bonds is 3. The smallest absolute Gasteiger partial charge is 0.243 e. The minimum absolute atomic E-state index is 0.0431. The maximum atomic E-state index is 12.5. The Balaban J connectivity index is 2.23. The zero-order valence-corrected chi connectivity index (χ0v) is 12.5. The SMILES string of the molecule is CC(C)c1ccc(S(=O)(=O)N2CCO[C@H](C)C2)cc1. The van der Waals surface area contributed by atoms with Crippen LogP contribution in [0.3, 0.4) is 0 Å². The second-order valence-corrected chi connectivity index (χ2v) is 7.21. The molecular formula is C14H21NO3S. The van der Waals surface area contributed by atoms with Gasteiger partial charge >= 0.3 is 0 Å². The fraction of sp³-hybridized carbons (Fsp3) is 0.571. The largest absolute Gasteiger partial charge is 0.376 e. The Morgan fingerprint density at radius 2 is 1.89 bits per heavy atom. The average molecular weight is 283 g/mol. The average Bonchev–Trinajstić information content (AvgIpc) is 2.39. The fourth-order valence-electron chi connectivity index (χ4n) is 2.18. The maximum Gasteiger partial charge on any atom is 0.243 e. The van der Waals surface area contributed by atoms with E-state index in [0.29, 0.717) is 30.5 Å². The molecule has 1 aromatic carbocycles. The van der Waals surface area contributed by atoms with Gasteiger partial charge in [0, 0.05) is 13.1 Å². The van der Waals surface area contributed by atoms with Crippen molar-refractivity contribution in [2.24, 2.45) is 0 Å². The van der Waals surface area contributed by atoms with Crippen LogP contribution in [0.15, 0.2) is 29.2 Å². The third-order valence-corrected chi connectivity index (χ3v) is 5.27. The molecule has 19 heavy (non-hydrogen) atoms. The molecular weight excluding hydrogens is 262 g/mol. The van der Waals surface area contributed by atoms with E-state index >= 15 is 0 Å². The highest BCUT2D eigenvalue weighted by molar-refractivity contribution is 7.89. The molecule has 1 aromatic rings. The summed E-state index contributed by atoms with van der Waals surface area (Å²) < 4.78 is 31.9. The lowest BCUT2D eigenvalue weighted by molar-refractivity contribution is 0.0102. The molecule has 0 aliphatic carbocycles. The topological polar surface area (TPSA) is 46.6 Å². The highest BCUT2D eigenvalue weighted by Gasteiger charge is 2.28. The van der Waals surface area contributed by atoms with Gasteiger partial charge in [0.15, 0.2) is 0 Å². The van der Waals surface area contributed by atoms with Crippen LogP contribution in [0.4, 0.5) is 0 Å². The summed E-state index contributed by atoms with van der Waals surface area (Å²) in [6.45, 7) is 7.39. The van der Waals surface area contributed by atoms with Crippen LogP contribution in [0.1, 0.15) is 32.3 Å². The Labute approximate surface area is 115 Å². The van der Waals surface area contributed by atoms with E-state index in [4.69, 9.17) is 4.74 Å². The first-order chi connectivity index (χ1) is 8.91. The molecule has 4 nitrogen and oxygen atoms in total. The van der Waals surface area contributed by atoms with Gasteiger partial charge in [-0.25, -0.2) is 8.42 Å². The van der Waals surface area contributed by atoms with E-state index < -0.39 is 10.0 Å². The second kappa shape index (κ2) is 5.61. The van der Waals surface area contributed by atoms with Crippen molar-refractivity contribution in [3.05, 3.63) is 29.8 Å². The van der Waals surface area contributed by atoms with Crippen LogP contribution >= 0.6 is 0 Å². The van der Waals surface area contributed by atoms with E-state index in [0.717, 1.165) is 5.56 Å². The van der Waals surface area contributed by atoms with E-state index in [-0.39, 0.29) is 6.10 Å². The number of ether oxygens (including phenoxy) is 1. The zero-order valence-electron chi connectivity index (χ0n) is 11.7. The monoisotopic (exact) mass is 283 g/mol. The Bertz CT molecular complexity index is 522. The number of benzene rings is 1. The summed E-state index contributed by atoms with van der Waals surface area (Å²) in [5.74, 6) is 0.403. The summed E-state index contributed by atoms with van der Waals surface area (Å²) in [7, 11) is -3.38. The van der Waals surface area contributed by atoms with Gasteiger partial charge in [-0.05, 0) is 30.5 Å². The van der Waals surface area contributed by atoms with E-state index in [1.807, 2.05) is 19.1 Å². The summed E-state index contributed by atoms with van der Waals surface area (Å²) in [5.41, 5.74) is 1.15. The van der Waals surface area contributed by atoms with Gasteiger partial charge in [-0.3, -0.25) is 0 Å². The number of hydrogen-bond donors (Lipinski definition) is 0. The van der Waals surface area contributed by atoms with Crippen molar-refractivity contribution in [2.75, 3.05) is 19.7 Å². The van der Waals surface area contributed by atoms with Gasteiger partial charge in [0.25, 0.3) is 0 Å². The van der Waals surface area contributed by atoms with Crippen LogP contribution in [-0.4, -0.2) is 38.5 Å². The minimum atomic E-state index is -3.38. The molecule has 1 aliphatic heterocycles. The molecule has 1 saturated heterocycles. The lowest BCUT2D eigenvalue weighted by Gasteiger charge is -2.30. The van der Waals surface area contributed by atoms with Crippen molar-refractivity contribution in [1.29, 1.82) is 0 Å². The van der Waals surface area contributed by atoms with Gasteiger partial charge in [0.2, 0.25) is 10.0 Å². The first-order valence-corrected chi connectivity index (χ1v) is 8.07. The lowest BCUT2D eigenvalue weighted by atomic mass is 10.0. The molecule has 1 aliphatic rings. The van der Waals surface area contributed by atoms with Crippen molar-refractivity contribution in [1.82, 2.24) is 4.31 Å². The van der Waals surface area contributed by atoms with Gasteiger partial charge in [0.1, 0.15) is 0 Å². The molecule has 5 heteroatoms. The van der Waals surface area contributed by atoms with Crippen molar-refractivity contribution in [2.45, 2.75) is 37.7 Å². The highest BCUT2D eigenvalue weighted by atomic mass is 32.2. The zero-order chi connectivity index (χ0) is 14.0. The third-order valence-electron chi connectivity index (χ3n) is 3.39. The number of morpholine rings is 1. The van der Waals surface area contributed by atoms with Crippen LogP contribution < -0.4 is 0 Å². The molecule has 1 heterocycles. The summed E-state index contributed by atoms with van der Waals surface area (Å²) in [6.07, 6.45) is -0.0431. The molecule has 1 fully saturated rings. The second-order valence-electron chi connectivity index (χ2n) is 5.27. The molecule has 0 bridgehead atoms. The normalized spacial score (nSPS) is 21.8.